The molecular weight excluding hydrogens is 207 g/mol. The Bertz CT molecular complexity index is 548. The molecule has 0 aliphatic carbocycles. The Morgan fingerprint density at radius 3 is 2.94 bits per heavy atom. The molecule has 0 amide bonds. The molecule has 4 nitrogen and oxygen atoms in total. The van der Waals surface area contributed by atoms with E-state index in [2.05, 4.69) is 15.3 Å². The molecule has 0 bridgehead atoms. The number of hydrogen-bond acceptors (Lipinski definition) is 4. The van der Waals surface area contributed by atoms with Crippen molar-refractivity contribution in [2.45, 2.75) is 0 Å². The maximum absolute atomic E-state index is 12.9. The highest BCUT2D eigenvalue weighted by molar-refractivity contribution is 5.53. The molecule has 16 heavy (non-hydrogen) atoms. The van der Waals surface area contributed by atoms with Crippen LogP contribution in [0.3, 0.4) is 0 Å². The van der Waals surface area contributed by atoms with Gasteiger partial charge >= 0.3 is 0 Å². The standard InChI is InChI=1S/C11H7FN4/c12-8-2-1-3-9(6-8)15-11-14-5-4-10(7-13)16-11/h1-6H,(H,14,15,16). The highest BCUT2D eigenvalue weighted by atomic mass is 19.1. The SMILES string of the molecule is N#Cc1ccnc(Nc2cccc(F)c2)n1. The van der Waals surface area contributed by atoms with E-state index in [1.807, 2.05) is 6.07 Å². The van der Waals surface area contributed by atoms with Gasteiger partial charge in [-0.15, -0.1) is 0 Å². The van der Waals surface area contributed by atoms with E-state index in [4.69, 9.17) is 5.26 Å². The fourth-order valence-electron chi connectivity index (χ4n) is 1.18. The Morgan fingerprint density at radius 1 is 1.31 bits per heavy atom. The molecule has 0 radical (unpaired) electrons. The quantitative estimate of drug-likeness (QED) is 0.832. The number of rotatable bonds is 2. The van der Waals surface area contributed by atoms with Crippen molar-refractivity contribution in [3.05, 3.63) is 48.0 Å². The zero-order valence-corrected chi connectivity index (χ0v) is 8.18. The molecule has 0 unspecified atom stereocenters. The summed E-state index contributed by atoms with van der Waals surface area (Å²) in [5, 5.41) is 11.5. The molecule has 0 aliphatic heterocycles. The van der Waals surface area contributed by atoms with E-state index >= 15 is 0 Å². The van der Waals surface area contributed by atoms with Crippen LogP contribution < -0.4 is 5.32 Å². The molecule has 0 saturated heterocycles. The summed E-state index contributed by atoms with van der Waals surface area (Å²) in [7, 11) is 0. The van der Waals surface area contributed by atoms with Crippen molar-refractivity contribution in [2.24, 2.45) is 0 Å². The zero-order chi connectivity index (χ0) is 11.4. The van der Waals surface area contributed by atoms with E-state index in [-0.39, 0.29) is 17.5 Å². The molecule has 0 atom stereocenters. The normalized spacial score (nSPS) is 9.50. The minimum absolute atomic E-state index is 0.258. The Hall–Kier alpha value is -2.48. The second kappa shape index (κ2) is 4.36. The first-order valence-electron chi connectivity index (χ1n) is 4.53. The van der Waals surface area contributed by atoms with Crippen LogP contribution in [0, 0.1) is 17.1 Å². The summed E-state index contributed by atoms with van der Waals surface area (Å²) in [5.41, 5.74) is 0.795. The van der Waals surface area contributed by atoms with E-state index in [9.17, 15) is 4.39 Å². The van der Waals surface area contributed by atoms with Gasteiger partial charge in [0, 0.05) is 11.9 Å². The number of benzene rings is 1. The maximum Gasteiger partial charge on any atom is 0.228 e. The monoisotopic (exact) mass is 214 g/mol. The lowest BCUT2D eigenvalue weighted by Crippen LogP contribution is -1.98. The van der Waals surface area contributed by atoms with E-state index in [0.29, 0.717) is 5.69 Å². The van der Waals surface area contributed by atoms with Crippen molar-refractivity contribution in [1.29, 1.82) is 5.26 Å². The summed E-state index contributed by atoms with van der Waals surface area (Å²) in [5.74, 6) is -0.0777. The number of anilines is 2. The predicted octanol–water partition coefficient (Wildman–Crippen LogP) is 2.23. The summed E-state index contributed by atoms with van der Waals surface area (Å²) in [6.45, 7) is 0. The van der Waals surface area contributed by atoms with Crippen molar-refractivity contribution in [3.8, 4) is 6.07 Å². The van der Waals surface area contributed by atoms with Crippen LogP contribution in [0.4, 0.5) is 16.0 Å². The average Bonchev–Trinajstić information content (AvgIpc) is 2.29. The fraction of sp³-hybridized carbons (Fsp3) is 0. The zero-order valence-electron chi connectivity index (χ0n) is 8.18. The third-order valence-corrected chi connectivity index (χ3v) is 1.85. The van der Waals surface area contributed by atoms with E-state index in [1.54, 1.807) is 12.1 Å². The topological polar surface area (TPSA) is 61.6 Å². The molecule has 0 saturated carbocycles. The molecular formula is C11H7FN4. The van der Waals surface area contributed by atoms with Gasteiger partial charge < -0.3 is 5.32 Å². The van der Waals surface area contributed by atoms with Crippen LogP contribution >= 0.6 is 0 Å². The fourth-order valence-corrected chi connectivity index (χ4v) is 1.18. The molecule has 1 aromatic carbocycles. The molecule has 1 heterocycles. The van der Waals surface area contributed by atoms with Crippen LogP contribution in [0.1, 0.15) is 5.69 Å². The third kappa shape index (κ3) is 2.30. The first kappa shape index (κ1) is 10.1. The van der Waals surface area contributed by atoms with Crippen LogP contribution in [-0.2, 0) is 0 Å². The number of nitrogens with zero attached hydrogens (tertiary/aromatic N) is 3. The van der Waals surface area contributed by atoms with Gasteiger partial charge in [0.15, 0.2) is 0 Å². The van der Waals surface area contributed by atoms with Gasteiger partial charge in [0.2, 0.25) is 5.95 Å². The van der Waals surface area contributed by atoms with Crippen molar-refractivity contribution >= 4 is 11.6 Å². The van der Waals surface area contributed by atoms with Gasteiger partial charge in [-0.2, -0.15) is 5.26 Å². The summed E-state index contributed by atoms with van der Waals surface area (Å²) in [6.07, 6.45) is 1.47. The highest BCUT2D eigenvalue weighted by Crippen LogP contribution is 2.13. The molecule has 2 aromatic rings. The second-order valence-electron chi connectivity index (χ2n) is 3.01. The van der Waals surface area contributed by atoms with Crippen LogP contribution in [-0.4, -0.2) is 9.97 Å². The summed E-state index contributed by atoms with van der Waals surface area (Å²) >= 11 is 0. The molecule has 0 spiro atoms. The predicted molar refractivity (Wildman–Crippen MR) is 56.4 cm³/mol. The molecule has 5 heteroatoms. The van der Waals surface area contributed by atoms with Gasteiger partial charge in [-0.1, -0.05) is 6.07 Å². The van der Waals surface area contributed by atoms with Gasteiger partial charge in [-0.05, 0) is 24.3 Å². The largest absolute Gasteiger partial charge is 0.324 e. The lowest BCUT2D eigenvalue weighted by atomic mass is 10.3. The molecule has 78 valence electrons. The molecule has 0 fully saturated rings. The smallest absolute Gasteiger partial charge is 0.228 e. The van der Waals surface area contributed by atoms with E-state index in [1.165, 1.54) is 24.4 Å². The van der Waals surface area contributed by atoms with Crippen molar-refractivity contribution < 1.29 is 4.39 Å². The average molecular weight is 214 g/mol. The minimum atomic E-state index is -0.346. The van der Waals surface area contributed by atoms with E-state index in [0.717, 1.165) is 0 Å². The van der Waals surface area contributed by atoms with Gasteiger partial charge in [-0.3, -0.25) is 0 Å². The summed E-state index contributed by atoms with van der Waals surface area (Å²) < 4.78 is 12.9. The number of hydrogen-bond donors (Lipinski definition) is 1. The molecule has 1 N–H and O–H groups in total. The lowest BCUT2D eigenvalue weighted by Gasteiger charge is -2.03. The van der Waals surface area contributed by atoms with Crippen LogP contribution in [0.25, 0.3) is 0 Å². The van der Waals surface area contributed by atoms with E-state index < -0.39 is 0 Å². The Labute approximate surface area is 91.4 Å². The van der Waals surface area contributed by atoms with Gasteiger partial charge in [0.25, 0.3) is 0 Å². The Kier molecular flexibility index (Phi) is 2.74. The number of aromatic nitrogens is 2. The van der Waals surface area contributed by atoms with Crippen LogP contribution in [0.15, 0.2) is 36.5 Å². The van der Waals surface area contributed by atoms with Crippen molar-refractivity contribution in [1.82, 2.24) is 9.97 Å². The van der Waals surface area contributed by atoms with Gasteiger partial charge in [-0.25, -0.2) is 14.4 Å². The second-order valence-corrected chi connectivity index (χ2v) is 3.01. The summed E-state index contributed by atoms with van der Waals surface area (Å²) in [4.78, 5) is 7.83. The van der Waals surface area contributed by atoms with Gasteiger partial charge in [0.1, 0.15) is 17.6 Å². The Morgan fingerprint density at radius 2 is 2.19 bits per heavy atom. The molecule has 0 aliphatic rings. The molecule has 1 aromatic heterocycles. The molecule has 2 rings (SSSR count). The first-order chi connectivity index (χ1) is 7.78. The van der Waals surface area contributed by atoms with Crippen molar-refractivity contribution in [3.63, 3.8) is 0 Å². The minimum Gasteiger partial charge on any atom is -0.324 e. The number of halogens is 1. The lowest BCUT2D eigenvalue weighted by molar-refractivity contribution is 0.628. The van der Waals surface area contributed by atoms with Crippen molar-refractivity contribution in [2.75, 3.05) is 5.32 Å². The van der Waals surface area contributed by atoms with Crippen LogP contribution in [0.2, 0.25) is 0 Å². The summed E-state index contributed by atoms with van der Waals surface area (Å²) in [6, 6.07) is 9.32. The number of nitriles is 1. The first-order valence-corrected chi connectivity index (χ1v) is 4.53. The maximum atomic E-state index is 12.9. The third-order valence-electron chi connectivity index (χ3n) is 1.85. The van der Waals surface area contributed by atoms with Crippen LogP contribution in [0.5, 0.6) is 0 Å². The van der Waals surface area contributed by atoms with Gasteiger partial charge in [0.05, 0.1) is 0 Å². The number of nitrogens with one attached hydrogen (secondary N) is 1. The highest BCUT2D eigenvalue weighted by Gasteiger charge is 2.00. The Balaban J connectivity index is 2.24.